The Morgan fingerprint density at radius 1 is 1.12 bits per heavy atom. The van der Waals surface area contributed by atoms with E-state index in [1.807, 2.05) is 54.3 Å². The summed E-state index contributed by atoms with van der Waals surface area (Å²) in [4.78, 5) is 14.8. The molecule has 0 aromatic heterocycles. The van der Waals surface area contributed by atoms with Crippen molar-refractivity contribution in [1.29, 1.82) is 0 Å². The molecule has 1 N–H and O–H groups in total. The molecule has 25 heavy (non-hydrogen) atoms. The number of methoxy groups -OCH3 is 1. The van der Waals surface area contributed by atoms with E-state index in [0.29, 0.717) is 30.2 Å². The number of fused-ring (bicyclic) bond motifs is 1. The minimum atomic E-state index is -0.230. The minimum Gasteiger partial charge on any atom is -0.493 e. The van der Waals surface area contributed by atoms with Crippen molar-refractivity contribution in [1.82, 2.24) is 4.90 Å². The number of para-hydroxylation sites is 1. The topological polar surface area (TPSA) is 50.8 Å². The van der Waals surface area contributed by atoms with E-state index in [1.165, 1.54) is 0 Å². The number of nitrogens with zero attached hydrogens (tertiary/aromatic N) is 1. The number of anilines is 1. The fourth-order valence-electron chi connectivity index (χ4n) is 3.16. The van der Waals surface area contributed by atoms with Crippen LogP contribution in [0.15, 0.2) is 42.5 Å². The molecule has 132 valence electrons. The number of benzene rings is 2. The molecule has 5 heteroatoms. The molecule has 0 saturated heterocycles. The largest absolute Gasteiger partial charge is 0.493 e. The molecule has 1 heterocycles. The average Bonchev–Trinajstić information content (AvgIpc) is 2.64. The van der Waals surface area contributed by atoms with Crippen LogP contribution in [0, 0.1) is 0 Å². The molecule has 5 nitrogen and oxygen atoms in total. The zero-order chi connectivity index (χ0) is 17.8. The van der Waals surface area contributed by atoms with E-state index >= 15 is 0 Å². The lowest BCUT2D eigenvalue weighted by molar-refractivity contribution is 0.0683. The Morgan fingerprint density at radius 2 is 1.92 bits per heavy atom. The molecule has 0 fully saturated rings. The van der Waals surface area contributed by atoms with Crippen molar-refractivity contribution in [2.45, 2.75) is 26.4 Å². The lowest BCUT2D eigenvalue weighted by atomic mass is 10.0. The molecule has 0 aliphatic carbocycles. The van der Waals surface area contributed by atoms with Gasteiger partial charge in [-0.3, -0.25) is 4.79 Å². The first-order chi connectivity index (χ1) is 12.2. The number of carbonyl (C=O) groups is 1. The van der Waals surface area contributed by atoms with Crippen molar-refractivity contribution in [3.05, 3.63) is 53.6 Å². The summed E-state index contributed by atoms with van der Waals surface area (Å²) in [6.45, 7) is 5.27. The van der Waals surface area contributed by atoms with Crippen LogP contribution in [0.3, 0.4) is 0 Å². The first kappa shape index (κ1) is 17.1. The summed E-state index contributed by atoms with van der Waals surface area (Å²) in [7, 11) is 1.63. The van der Waals surface area contributed by atoms with Gasteiger partial charge in [0.05, 0.1) is 19.3 Å². The van der Waals surface area contributed by atoms with Crippen molar-refractivity contribution < 1.29 is 14.3 Å². The number of carbonyl (C=O) groups excluding carboxylic acids is 1. The number of amides is 1. The normalized spacial score (nSPS) is 16.2. The van der Waals surface area contributed by atoms with E-state index in [-0.39, 0.29) is 12.1 Å². The second-order valence-corrected chi connectivity index (χ2v) is 5.93. The van der Waals surface area contributed by atoms with Gasteiger partial charge in [-0.1, -0.05) is 25.1 Å². The van der Waals surface area contributed by atoms with Crippen LogP contribution in [0.4, 0.5) is 5.69 Å². The van der Waals surface area contributed by atoms with Crippen molar-refractivity contribution in [2.75, 3.05) is 25.6 Å². The van der Waals surface area contributed by atoms with Gasteiger partial charge in [0.15, 0.2) is 11.5 Å². The maximum atomic E-state index is 12.9. The summed E-state index contributed by atoms with van der Waals surface area (Å²) < 4.78 is 11.1. The fourth-order valence-corrected chi connectivity index (χ4v) is 3.16. The van der Waals surface area contributed by atoms with E-state index < -0.39 is 0 Å². The summed E-state index contributed by atoms with van der Waals surface area (Å²) >= 11 is 0. The standard InChI is InChI=1S/C20H24N2O3/c1-4-12-22-19(21-16-9-7-6-8-15(16)20(22)23)14-10-11-17(25-5-2)18(13-14)24-3/h6-11,13,19,21H,4-5,12H2,1-3H3/t19-/m1/s1. The molecule has 3 rings (SSSR count). The Hall–Kier alpha value is -2.69. The van der Waals surface area contributed by atoms with E-state index in [2.05, 4.69) is 12.2 Å². The third-order valence-electron chi connectivity index (χ3n) is 4.29. The fraction of sp³-hybridized carbons (Fsp3) is 0.350. The molecular formula is C20H24N2O3. The Bertz CT molecular complexity index is 760. The first-order valence-corrected chi connectivity index (χ1v) is 8.66. The number of ether oxygens (including phenoxy) is 2. The molecule has 0 bridgehead atoms. The van der Waals surface area contributed by atoms with Crippen LogP contribution in [0.2, 0.25) is 0 Å². The lowest BCUT2D eigenvalue weighted by Crippen LogP contribution is -2.43. The van der Waals surface area contributed by atoms with Crippen LogP contribution in [-0.4, -0.2) is 31.1 Å². The maximum absolute atomic E-state index is 12.9. The predicted molar refractivity (Wildman–Crippen MR) is 98.3 cm³/mol. The Labute approximate surface area is 148 Å². The Kier molecular flexibility index (Phi) is 5.12. The second kappa shape index (κ2) is 7.47. The van der Waals surface area contributed by atoms with Crippen molar-refractivity contribution in [3.8, 4) is 11.5 Å². The van der Waals surface area contributed by atoms with Gasteiger partial charge >= 0.3 is 0 Å². The maximum Gasteiger partial charge on any atom is 0.257 e. The monoisotopic (exact) mass is 340 g/mol. The summed E-state index contributed by atoms with van der Waals surface area (Å²) in [5.41, 5.74) is 2.54. The molecule has 1 atom stereocenters. The minimum absolute atomic E-state index is 0.0500. The summed E-state index contributed by atoms with van der Waals surface area (Å²) in [5.74, 6) is 1.43. The van der Waals surface area contributed by atoms with E-state index in [9.17, 15) is 4.79 Å². The molecule has 0 unspecified atom stereocenters. The average molecular weight is 340 g/mol. The molecule has 0 saturated carbocycles. The number of nitrogens with one attached hydrogen (secondary N) is 1. The molecule has 1 aliphatic rings. The number of rotatable bonds is 6. The predicted octanol–water partition coefficient (Wildman–Crippen LogP) is 4.07. The highest BCUT2D eigenvalue weighted by Crippen LogP contribution is 2.36. The number of hydrogen-bond acceptors (Lipinski definition) is 4. The van der Waals surface area contributed by atoms with Crippen LogP contribution >= 0.6 is 0 Å². The van der Waals surface area contributed by atoms with Crippen LogP contribution in [0.5, 0.6) is 11.5 Å². The van der Waals surface area contributed by atoms with Crippen molar-refractivity contribution in [2.24, 2.45) is 0 Å². The van der Waals surface area contributed by atoms with Crippen molar-refractivity contribution in [3.63, 3.8) is 0 Å². The van der Waals surface area contributed by atoms with Crippen LogP contribution < -0.4 is 14.8 Å². The van der Waals surface area contributed by atoms with Gasteiger partial charge < -0.3 is 19.7 Å². The smallest absolute Gasteiger partial charge is 0.257 e. The second-order valence-electron chi connectivity index (χ2n) is 5.93. The molecule has 0 spiro atoms. The Balaban J connectivity index is 2.01. The SMILES string of the molecule is CCCN1C(=O)c2ccccc2N[C@H]1c1ccc(OCC)c(OC)c1. The summed E-state index contributed by atoms with van der Waals surface area (Å²) in [6.07, 6.45) is 0.659. The van der Waals surface area contributed by atoms with Crippen LogP contribution in [0.25, 0.3) is 0 Å². The lowest BCUT2D eigenvalue weighted by Gasteiger charge is -2.38. The molecule has 2 aromatic rings. The molecule has 0 radical (unpaired) electrons. The molecule has 1 amide bonds. The highest BCUT2D eigenvalue weighted by molar-refractivity contribution is 6.01. The van der Waals surface area contributed by atoms with Gasteiger partial charge in [-0.05, 0) is 43.2 Å². The molecule has 1 aliphatic heterocycles. The van der Waals surface area contributed by atoms with E-state index in [0.717, 1.165) is 17.7 Å². The highest BCUT2D eigenvalue weighted by Gasteiger charge is 2.32. The van der Waals surface area contributed by atoms with Gasteiger partial charge in [0.2, 0.25) is 0 Å². The zero-order valence-corrected chi connectivity index (χ0v) is 14.9. The van der Waals surface area contributed by atoms with Crippen LogP contribution in [-0.2, 0) is 0 Å². The third kappa shape index (κ3) is 3.27. The van der Waals surface area contributed by atoms with Gasteiger partial charge in [0.1, 0.15) is 6.17 Å². The first-order valence-electron chi connectivity index (χ1n) is 8.66. The van der Waals surface area contributed by atoms with E-state index in [1.54, 1.807) is 7.11 Å². The van der Waals surface area contributed by atoms with Gasteiger partial charge in [0.25, 0.3) is 5.91 Å². The quantitative estimate of drug-likeness (QED) is 0.861. The van der Waals surface area contributed by atoms with Crippen molar-refractivity contribution >= 4 is 11.6 Å². The third-order valence-corrected chi connectivity index (χ3v) is 4.29. The summed E-state index contributed by atoms with van der Waals surface area (Å²) in [5, 5.41) is 3.49. The zero-order valence-electron chi connectivity index (χ0n) is 14.9. The van der Waals surface area contributed by atoms with Gasteiger partial charge in [-0.2, -0.15) is 0 Å². The number of hydrogen-bond donors (Lipinski definition) is 1. The highest BCUT2D eigenvalue weighted by atomic mass is 16.5. The molecular weight excluding hydrogens is 316 g/mol. The van der Waals surface area contributed by atoms with Gasteiger partial charge in [-0.15, -0.1) is 0 Å². The Morgan fingerprint density at radius 3 is 2.64 bits per heavy atom. The van der Waals surface area contributed by atoms with E-state index in [4.69, 9.17) is 9.47 Å². The summed E-state index contributed by atoms with van der Waals surface area (Å²) in [6, 6.07) is 13.4. The van der Waals surface area contributed by atoms with Gasteiger partial charge in [-0.25, -0.2) is 0 Å². The van der Waals surface area contributed by atoms with Gasteiger partial charge in [0, 0.05) is 12.2 Å². The molecule has 2 aromatic carbocycles. The van der Waals surface area contributed by atoms with Crippen LogP contribution in [0.1, 0.15) is 42.4 Å².